The number of sulfonamides is 1. The number of hydrogen-bond donors (Lipinski definition) is 1. The minimum atomic E-state index is -4.20. The van der Waals surface area contributed by atoms with E-state index in [9.17, 15) is 18.0 Å². The zero-order chi connectivity index (χ0) is 31.0. The van der Waals surface area contributed by atoms with Crippen molar-refractivity contribution in [3.63, 3.8) is 0 Å². The lowest BCUT2D eigenvalue weighted by molar-refractivity contribution is -0.140. The molecule has 2 amide bonds. The smallest absolute Gasteiger partial charge is 0.264 e. The van der Waals surface area contributed by atoms with Gasteiger partial charge in [-0.25, -0.2) is 8.42 Å². The number of aryl methyl sites for hydroxylation is 1. The van der Waals surface area contributed by atoms with Crippen molar-refractivity contribution in [2.75, 3.05) is 25.1 Å². The molecule has 0 unspecified atom stereocenters. The number of benzene rings is 3. The Balaban J connectivity index is 1.75. The number of hydrogen-bond acceptors (Lipinski definition) is 6. The summed E-state index contributed by atoms with van der Waals surface area (Å²) < 4.78 is 40.2. The van der Waals surface area contributed by atoms with Gasteiger partial charge in [0.25, 0.3) is 10.0 Å². The van der Waals surface area contributed by atoms with Gasteiger partial charge >= 0.3 is 0 Å². The van der Waals surface area contributed by atoms with Crippen LogP contribution in [0.3, 0.4) is 0 Å². The molecule has 1 aliphatic carbocycles. The number of nitrogens with one attached hydrogen (secondary N) is 1. The Kier molecular flexibility index (Phi) is 10.7. The third-order valence-electron chi connectivity index (χ3n) is 7.82. The van der Waals surface area contributed by atoms with Gasteiger partial charge in [-0.1, -0.05) is 61.7 Å². The van der Waals surface area contributed by atoms with Crippen molar-refractivity contribution in [1.82, 2.24) is 10.2 Å². The normalized spacial score (nSPS) is 14.1. The maximum absolute atomic E-state index is 14.3. The van der Waals surface area contributed by atoms with Crippen LogP contribution in [-0.2, 0) is 26.2 Å². The van der Waals surface area contributed by atoms with E-state index in [1.165, 1.54) is 24.1 Å². The highest BCUT2D eigenvalue weighted by Crippen LogP contribution is 2.33. The monoisotopic (exact) mass is 607 g/mol. The Bertz CT molecular complexity index is 1500. The Morgan fingerprint density at radius 2 is 1.65 bits per heavy atom. The summed E-state index contributed by atoms with van der Waals surface area (Å²) >= 11 is 0. The maximum Gasteiger partial charge on any atom is 0.264 e. The predicted molar refractivity (Wildman–Crippen MR) is 167 cm³/mol. The van der Waals surface area contributed by atoms with Crippen LogP contribution in [0.4, 0.5) is 5.69 Å². The Hall–Kier alpha value is -4.05. The molecule has 10 heteroatoms. The molecule has 0 spiro atoms. The van der Waals surface area contributed by atoms with Gasteiger partial charge in [0.1, 0.15) is 24.1 Å². The van der Waals surface area contributed by atoms with Crippen LogP contribution in [0.1, 0.15) is 50.2 Å². The number of nitrogens with zero attached hydrogens (tertiary/aromatic N) is 2. The van der Waals surface area contributed by atoms with Crippen LogP contribution in [0.15, 0.2) is 77.7 Å². The van der Waals surface area contributed by atoms with Gasteiger partial charge in [0.2, 0.25) is 11.8 Å². The molecule has 43 heavy (non-hydrogen) atoms. The molecule has 1 N–H and O–H groups in total. The summed E-state index contributed by atoms with van der Waals surface area (Å²) in [7, 11) is -1.19. The highest BCUT2D eigenvalue weighted by atomic mass is 32.2. The second-order valence-electron chi connectivity index (χ2n) is 10.8. The van der Waals surface area contributed by atoms with Crippen LogP contribution in [0.25, 0.3) is 0 Å². The molecule has 1 atom stereocenters. The number of carbonyl (C=O) groups excluding carboxylic acids is 2. The van der Waals surface area contributed by atoms with Gasteiger partial charge in [0.05, 0.1) is 24.8 Å². The fourth-order valence-corrected chi connectivity index (χ4v) is 6.87. The summed E-state index contributed by atoms with van der Waals surface area (Å²) in [4.78, 5) is 29.5. The SMILES string of the molecule is CC[C@@H](C(=O)NC1CCCC1)N(Cc1cccc(OC)c1)C(=O)CN(c1ccccc1OC)S(=O)(=O)c1ccc(C)cc1. The quantitative estimate of drug-likeness (QED) is 0.291. The van der Waals surface area contributed by atoms with Crippen molar-refractivity contribution in [2.24, 2.45) is 0 Å². The van der Waals surface area contributed by atoms with Gasteiger partial charge in [-0.15, -0.1) is 0 Å². The standard InChI is InChI=1S/C33H41N3O6S/c1-5-29(33(38)34-26-12-6-7-13-26)35(22-25-11-10-14-27(21-25)41-3)32(37)23-36(30-15-8-9-16-31(30)42-4)43(39,40)28-19-17-24(2)18-20-28/h8-11,14-21,26,29H,5-7,12-13,22-23H2,1-4H3,(H,34,38)/t29-/m0/s1. The molecule has 0 aliphatic heterocycles. The lowest BCUT2D eigenvalue weighted by Crippen LogP contribution is -2.53. The van der Waals surface area contributed by atoms with E-state index in [0.717, 1.165) is 41.1 Å². The zero-order valence-electron chi connectivity index (χ0n) is 25.3. The average molecular weight is 608 g/mol. The minimum absolute atomic E-state index is 0.0437. The first kappa shape index (κ1) is 31.9. The summed E-state index contributed by atoms with van der Waals surface area (Å²) in [5, 5.41) is 3.13. The largest absolute Gasteiger partial charge is 0.497 e. The molecule has 0 aromatic heterocycles. The predicted octanol–water partition coefficient (Wildman–Crippen LogP) is 5.07. The molecule has 1 aliphatic rings. The van der Waals surface area contributed by atoms with Crippen molar-refractivity contribution in [3.05, 3.63) is 83.9 Å². The van der Waals surface area contributed by atoms with Crippen LogP contribution < -0.4 is 19.1 Å². The van der Waals surface area contributed by atoms with Crippen LogP contribution in [0.2, 0.25) is 0 Å². The van der Waals surface area contributed by atoms with Crippen LogP contribution >= 0.6 is 0 Å². The van der Waals surface area contributed by atoms with Crippen molar-refractivity contribution < 1.29 is 27.5 Å². The number of methoxy groups -OCH3 is 2. The van der Waals surface area contributed by atoms with Crippen molar-refractivity contribution in [2.45, 2.75) is 69.5 Å². The molecule has 3 aromatic carbocycles. The van der Waals surface area contributed by atoms with Crippen molar-refractivity contribution >= 4 is 27.5 Å². The van der Waals surface area contributed by atoms with Gasteiger partial charge in [-0.2, -0.15) is 0 Å². The van der Waals surface area contributed by atoms with E-state index in [-0.39, 0.29) is 29.1 Å². The van der Waals surface area contributed by atoms with Gasteiger partial charge < -0.3 is 19.7 Å². The molecule has 0 bridgehead atoms. The van der Waals surface area contributed by atoms with Crippen molar-refractivity contribution in [1.29, 1.82) is 0 Å². The topological polar surface area (TPSA) is 105 Å². The van der Waals surface area contributed by atoms with Gasteiger partial charge in [0.15, 0.2) is 0 Å². The minimum Gasteiger partial charge on any atom is -0.497 e. The van der Waals surface area contributed by atoms with Gasteiger partial charge in [-0.3, -0.25) is 13.9 Å². The first-order valence-electron chi connectivity index (χ1n) is 14.6. The summed E-state index contributed by atoms with van der Waals surface area (Å²) in [6.07, 6.45) is 4.27. The number of carbonyl (C=O) groups is 2. The molecule has 3 aromatic rings. The fraction of sp³-hybridized carbons (Fsp3) is 0.394. The van der Waals surface area contributed by atoms with E-state index in [2.05, 4.69) is 5.32 Å². The molecular weight excluding hydrogens is 566 g/mol. The van der Waals surface area contributed by atoms with Crippen LogP contribution in [0, 0.1) is 6.92 Å². The number of para-hydroxylation sites is 2. The molecule has 0 saturated heterocycles. The van der Waals surface area contributed by atoms with Crippen LogP contribution in [0.5, 0.6) is 11.5 Å². The highest BCUT2D eigenvalue weighted by Gasteiger charge is 2.35. The highest BCUT2D eigenvalue weighted by molar-refractivity contribution is 7.92. The molecule has 230 valence electrons. The Morgan fingerprint density at radius 3 is 2.30 bits per heavy atom. The fourth-order valence-electron chi connectivity index (χ4n) is 5.44. The molecule has 1 saturated carbocycles. The number of amides is 2. The first-order chi connectivity index (χ1) is 20.7. The zero-order valence-corrected chi connectivity index (χ0v) is 26.1. The molecule has 0 heterocycles. The van der Waals surface area contributed by atoms with E-state index >= 15 is 0 Å². The summed E-state index contributed by atoms with van der Waals surface area (Å²) in [6, 6.07) is 19.7. The molecule has 0 radical (unpaired) electrons. The number of anilines is 1. The lowest BCUT2D eigenvalue weighted by atomic mass is 10.1. The second kappa shape index (κ2) is 14.4. The molecule has 9 nitrogen and oxygen atoms in total. The second-order valence-corrected chi connectivity index (χ2v) is 12.6. The molecule has 4 rings (SSSR count). The van der Waals surface area contributed by atoms with Gasteiger partial charge in [-0.05, 0) is 68.1 Å². The number of ether oxygens (including phenoxy) is 2. The number of rotatable bonds is 13. The lowest BCUT2D eigenvalue weighted by Gasteiger charge is -2.34. The summed E-state index contributed by atoms with van der Waals surface area (Å²) in [6.45, 7) is 3.28. The third kappa shape index (κ3) is 7.67. The summed E-state index contributed by atoms with van der Waals surface area (Å²) in [5.74, 6) is 0.163. The van der Waals surface area contributed by atoms with E-state index < -0.39 is 28.5 Å². The Morgan fingerprint density at radius 1 is 0.953 bits per heavy atom. The maximum atomic E-state index is 14.3. The van der Waals surface area contributed by atoms with Gasteiger partial charge in [0, 0.05) is 12.6 Å². The first-order valence-corrected chi connectivity index (χ1v) is 16.1. The van der Waals surface area contributed by atoms with Crippen molar-refractivity contribution in [3.8, 4) is 11.5 Å². The van der Waals surface area contributed by atoms with E-state index in [1.54, 1.807) is 49.6 Å². The molecule has 1 fully saturated rings. The van der Waals surface area contributed by atoms with Crippen LogP contribution in [-0.4, -0.2) is 58.0 Å². The van der Waals surface area contributed by atoms with E-state index in [4.69, 9.17) is 9.47 Å². The average Bonchev–Trinajstić information content (AvgIpc) is 3.53. The molecular formula is C33H41N3O6S. The summed E-state index contributed by atoms with van der Waals surface area (Å²) in [5.41, 5.74) is 1.89. The third-order valence-corrected chi connectivity index (χ3v) is 9.59. The van der Waals surface area contributed by atoms with E-state index in [1.807, 2.05) is 32.0 Å². The van der Waals surface area contributed by atoms with E-state index in [0.29, 0.717) is 17.9 Å². The Labute approximate surface area is 254 Å².